The van der Waals surface area contributed by atoms with E-state index < -0.39 is 48.3 Å². The van der Waals surface area contributed by atoms with E-state index >= 15 is 0 Å². The van der Waals surface area contributed by atoms with E-state index in [0.29, 0.717) is 16.5 Å². The van der Waals surface area contributed by atoms with Crippen LogP contribution in [0.4, 0.5) is 33.5 Å². The van der Waals surface area contributed by atoms with Gasteiger partial charge in [-0.3, -0.25) is 4.98 Å². The number of nitrogens with zero attached hydrogens (tertiary/aromatic N) is 4. The standard InChI is InChI=1S/C21H15F5N6O/c22-10-20(7-16(21(24,25)26)33-19(28)32-20)14-6-13(1-2-15(14)23)31-18-17-12(3-4-29-18)5-11(8-27)9-30-17/h1-6,9,16H,7,10H2,(H2,28,32)(H,29,31)/t16-,20+/m0/s1. The Kier molecular flexibility index (Phi) is 5.49. The van der Waals surface area contributed by atoms with E-state index in [2.05, 4.69) is 25.0 Å². The Bertz CT molecular complexity index is 1290. The van der Waals surface area contributed by atoms with Crippen molar-refractivity contribution < 1.29 is 26.7 Å². The molecule has 0 bridgehead atoms. The van der Waals surface area contributed by atoms with Gasteiger partial charge in [0.25, 0.3) is 6.02 Å². The number of hydrogen-bond acceptors (Lipinski definition) is 7. The Morgan fingerprint density at radius 2 is 2.03 bits per heavy atom. The molecule has 2 aromatic heterocycles. The van der Waals surface area contributed by atoms with E-state index in [1.165, 1.54) is 18.5 Å². The van der Waals surface area contributed by atoms with E-state index in [-0.39, 0.29) is 11.5 Å². The molecule has 33 heavy (non-hydrogen) atoms. The minimum absolute atomic E-state index is 0.203. The number of hydrogen-bond donors (Lipinski definition) is 2. The van der Waals surface area contributed by atoms with Crippen LogP contribution in [0.2, 0.25) is 0 Å². The molecule has 0 amide bonds. The zero-order valence-corrected chi connectivity index (χ0v) is 16.7. The van der Waals surface area contributed by atoms with Gasteiger partial charge in [-0.1, -0.05) is 0 Å². The third kappa shape index (κ3) is 4.21. The molecule has 0 aliphatic carbocycles. The molecule has 7 nitrogen and oxygen atoms in total. The molecule has 1 aliphatic heterocycles. The van der Waals surface area contributed by atoms with Gasteiger partial charge in [0.15, 0.2) is 11.9 Å². The van der Waals surface area contributed by atoms with Crippen molar-refractivity contribution in [3.05, 3.63) is 59.7 Å². The Morgan fingerprint density at radius 3 is 2.73 bits per heavy atom. The lowest BCUT2D eigenvalue weighted by molar-refractivity contribution is -0.209. The molecule has 3 heterocycles. The summed E-state index contributed by atoms with van der Waals surface area (Å²) in [7, 11) is 0. The van der Waals surface area contributed by atoms with Crippen LogP contribution in [-0.4, -0.2) is 34.9 Å². The van der Waals surface area contributed by atoms with Crippen molar-refractivity contribution >= 4 is 28.4 Å². The number of halogens is 5. The largest absolute Gasteiger partial charge is 0.452 e. The fraction of sp³-hybridized carbons (Fsp3) is 0.238. The second-order valence-corrected chi connectivity index (χ2v) is 7.35. The number of pyridine rings is 2. The number of rotatable bonds is 4. The van der Waals surface area contributed by atoms with Crippen molar-refractivity contribution in [3.8, 4) is 6.07 Å². The Morgan fingerprint density at radius 1 is 1.24 bits per heavy atom. The number of benzene rings is 1. The number of amidine groups is 1. The zero-order valence-electron chi connectivity index (χ0n) is 16.7. The number of anilines is 2. The predicted molar refractivity (Wildman–Crippen MR) is 109 cm³/mol. The first-order valence-electron chi connectivity index (χ1n) is 9.52. The number of ether oxygens (including phenoxy) is 1. The van der Waals surface area contributed by atoms with Crippen LogP contribution in [0.3, 0.4) is 0 Å². The molecule has 1 aliphatic rings. The fourth-order valence-corrected chi connectivity index (χ4v) is 3.60. The van der Waals surface area contributed by atoms with Crippen LogP contribution in [0.25, 0.3) is 10.9 Å². The van der Waals surface area contributed by atoms with Crippen molar-refractivity contribution in [2.24, 2.45) is 10.7 Å². The van der Waals surface area contributed by atoms with E-state index in [0.717, 1.165) is 12.1 Å². The first-order valence-corrected chi connectivity index (χ1v) is 9.52. The fourth-order valence-electron chi connectivity index (χ4n) is 3.60. The molecule has 0 saturated heterocycles. The van der Waals surface area contributed by atoms with Gasteiger partial charge in [-0.25, -0.2) is 18.8 Å². The first kappa shape index (κ1) is 22.2. The van der Waals surface area contributed by atoms with Gasteiger partial charge in [-0.2, -0.15) is 18.4 Å². The average Bonchev–Trinajstić information content (AvgIpc) is 2.79. The molecule has 0 saturated carbocycles. The minimum Gasteiger partial charge on any atom is -0.452 e. The first-order chi connectivity index (χ1) is 15.6. The molecule has 170 valence electrons. The summed E-state index contributed by atoms with van der Waals surface area (Å²) in [6.45, 7) is -1.44. The van der Waals surface area contributed by atoms with Crippen molar-refractivity contribution in [2.45, 2.75) is 24.2 Å². The lowest BCUT2D eigenvalue weighted by Crippen LogP contribution is -2.48. The molecule has 1 aromatic carbocycles. The molecule has 12 heteroatoms. The van der Waals surface area contributed by atoms with Gasteiger partial charge in [0.05, 0.1) is 5.56 Å². The van der Waals surface area contributed by atoms with Crippen LogP contribution in [0, 0.1) is 17.1 Å². The predicted octanol–water partition coefficient (Wildman–Crippen LogP) is 4.21. The number of nitrogens with two attached hydrogens (primary N) is 1. The highest BCUT2D eigenvalue weighted by Crippen LogP contribution is 2.42. The number of aliphatic imine (C=N–C) groups is 1. The SMILES string of the molecule is N#Cc1cnc2c(Nc3ccc(F)c([C@]4(CF)C[C@@H](C(F)(F)F)OC(N)=N4)c3)nccc2c1. The normalized spacial score (nSPS) is 20.6. The molecule has 0 radical (unpaired) electrons. The van der Waals surface area contributed by atoms with Crippen LogP contribution in [0.5, 0.6) is 0 Å². The maximum Gasteiger partial charge on any atom is 0.425 e. The highest BCUT2D eigenvalue weighted by Gasteiger charge is 2.52. The van der Waals surface area contributed by atoms with Crippen molar-refractivity contribution in [2.75, 3.05) is 12.0 Å². The van der Waals surface area contributed by atoms with Gasteiger partial charge in [0.2, 0.25) is 0 Å². The molecule has 0 unspecified atom stereocenters. The maximum absolute atomic E-state index is 14.7. The number of nitrogens with one attached hydrogen (secondary N) is 1. The van der Waals surface area contributed by atoms with Gasteiger partial charge in [-0.15, -0.1) is 0 Å². The third-order valence-electron chi connectivity index (χ3n) is 5.16. The second kappa shape index (κ2) is 8.16. The number of nitriles is 1. The summed E-state index contributed by atoms with van der Waals surface area (Å²) < 4.78 is 73.2. The highest BCUT2D eigenvalue weighted by atomic mass is 19.4. The number of fused-ring (bicyclic) bond motifs is 1. The zero-order chi connectivity index (χ0) is 23.8. The van der Waals surface area contributed by atoms with E-state index in [9.17, 15) is 22.0 Å². The van der Waals surface area contributed by atoms with Gasteiger partial charge >= 0.3 is 6.18 Å². The van der Waals surface area contributed by atoms with Crippen LogP contribution in [-0.2, 0) is 10.3 Å². The lowest BCUT2D eigenvalue weighted by Gasteiger charge is -2.36. The van der Waals surface area contributed by atoms with E-state index in [1.807, 2.05) is 6.07 Å². The van der Waals surface area contributed by atoms with Gasteiger partial charge in [0.1, 0.15) is 29.6 Å². The quantitative estimate of drug-likeness (QED) is 0.562. The van der Waals surface area contributed by atoms with Crippen LogP contribution >= 0.6 is 0 Å². The molecule has 0 spiro atoms. The third-order valence-corrected chi connectivity index (χ3v) is 5.16. The monoisotopic (exact) mass is 462 g/mol. The summed E-state index contributed by atoms with van der Waals surface area (Å²) in [5.41, 5.74) is 3.68. The Balaban J connectivity index is 1.75. The summed E-state index contributed by atoms with van der Waals surface area (Å²) in [5.74, 6) is -0.716. The second-order valence-electron chi connectivity index (χ2n) is 7.35. The lowest BCUT2D eigenvalue weighted by atomic mass is 9.84. The van der Waals surface area contributed by atoms with Gasteiger partial charge in [0, 0.05) is 35.5 Å². The molecule has 2 atom stereocenters. The minimum atomic E-state index is -4.85. The van der Waals surface area contributed by atoms with Crippen LogP contribution in [0.1, 0.15) is 17.5 Å². The number of alkyl halides is 4. The molecular weight excluding hydrogens is 447 g/mol. The average molecular weight is 462 g/mol. The maximum atomic E-state index is 14.7. The Hall–Kier alpha value is -4.01. The molecular formula is C21H15F5N6O. The summed E-state index contributed by atoms with van der Waals surface area (Å²) in [6, 6.07) is 7.76. The van der Waals surface area contributed by atoms with Gasteiger partial charge in [-0.05, 0) is 30.3 Å². The number of aromatic nitrogens is 2. The summed E-state index contributed by atoms with van der Waals surface area (Å²) >= 11 is 0. The Labute approximate surface area is 183 Å². The van der Waals surface area contributed by atoms with E-state index in [4.69, 9.17) is 11.0 Å². The summed E-state index contributed by atoms with van der Waals surface area (Å²) in [4.78, 5) is 12.1. The van der Waals surface area contributed by atoms with E-state index in [1.54, 1.807) is 12.1 Å². The van der Waals surface area contributed by atoms with Crippen molar-refractivity contribution in [1.82, 2.24) is 9.97 Å². The molecule has 3 aromatic rings. The molecule has 3 N–H and O–H groups in total. The highest BCUT2D eigenvalue weighted by molar-refractivity contribution is 5.90. The molecule has 0 fully saturated rings. The smallest absolute Gasteiger partial charge is 0.425 e. The van der Waals surface area contributed by atoms with Crippen LogP contribution < -0.4 is 11.1 Å². The van der Waals surface area contributed by atoms with Crippen molar-refractivity contribution in [3.63, 3.8) is 0 Å². The topological polar surface area (TPSA) is 109 Å². The molecule has 4 rings (SSSR count). The van der Waals surface area contributed by atoms with Crippen LogP contribution in [0.15, 0.2) is 47.7 Å². The van der Waals surface area contributed by atoms with Crippen molar-refractivity contribution in [1.29, 1.82) is 5.26 Å². The van der Waals surface area contributed by atoms with Gasteiger partial charge < -0.3 is 15.8 Å². The summed E-state index contributed by atoms with van der Waals surface area (Å²) in [6.07, 6.45) is -5.48. The summed E-state index contributed by atoms with van der Waals surface area (Å²) in [5, 5.41) is 12.5.